The van der Waals surface area contributed by atoms with Gasteiger partial charge < -0.3 is 5.32 Å². The minimum absolute atomic E-state index is 0.0515. The van der Waals surface area contributed by atoms with Gasteiger partial charge in [0.05, 0.1) is 18.3 Å². The average molecular weight is 327 g/mol. The molecule has 1 N–H and O–H groups in total. The topological polar surface area (TPSA) is 86.8 Å². The molecule has 2 aliphatic rings. The van der Waals surface area contributed by atoms with Gasteiger partial charge in [0.2, 0.25) is 15.9 Å². The van der Waals surface area contributed by atoms with Gasteiger partial charge >= 0.3 is 6.03 Å². The Morgan fingerprint density at radius 3 is 2.50 bits per heavy atom. The van der Waals surface area contributed by atoms with Gasteiger partial charge in [-0.1, -0.05) is 18.2 Å². The third kappa shape index (κ3) is 2.57. The molecule has 22 heavy (non-hydrogen) atoms. The van der Waals surface area contributed by atoms with Crippen LogP contribution in [0.3, 0.4) is 0 Å². The predicted molar refractivity (Wildman–Crippen MR) is 74.6 cm³/mol. The second kappa shape index (κ2) is 5.33. The molecule has 9 heteroatoms. The summed E-state index contributed by atoms with van der Waals surface area (Å²) in [6, 6.07) is 4.73. The van der Waals surface area contributed by atoms with Crippen molar-refractivity contribution in [2.75, 3.05) is 19.6 Å². The summed E-state index contributed by atoms with van der Waals surface area (Å²) in [5, 5.41) is 2.39. The summed E-state index contributed by atoms with van der Waals surface area (Å²) < 4.78 is 39.1. The average Bonchev–Trinajstić information content (AvgIpc) is 2.71. The van der Waals surface area contributed by atoms with Crippen LogP contribution >= 0.6 is 0 Å². The van der Waals surface area contributed by atoms with Crippen molar-refractivity contribution in [2.45, 2.75) is 11.8 Å². The van der Waals surface area contributed by atoms with Gasteiger partial charge in [-0.05, 0) is 6.07 Å². The summed E-state index contributed by atoms with van der Waals surface area (Å²) in [7, 11) is -3.67. The Hall–Kier alpha value is -2.00. The highest BCUT2D eigenvalue weighted by atomic mass is 32.2. The highest BCUT2D eigenvalue weighted by Gasteiger charge is 2.45. The maximum Gasteiger partial charge on any atom is 0.324 e. The molecule has 0 aliphatic carbocycles. The van der Waals surface area contributed by atoms with Crippen molar-refractivity contribution in [1.29, 1.82) is 0 Å². The Balaban J connectivity index is 1.65. The molecular formula is C13H14FN3O4S. The van der Waals surface area contributed by atoms with Gasteiger partial charge in [0.1, 0.15) is 5.82 Å². The van der Waals surface area contributed by atoms with E-state index < -0.39 is 33.7 Å². The highest BCUT2D eigenvalue weighted by Crippen LogP contribution is 2.23. The van der Waals surface area contributed by atoms with Crippen molar-refractivity contribution in [1.82, 2.24) is 14.5 Å². The van der Waals surface area contributed by atoms with Gasteiger partial charge in [-0.3, -0.25) is 9.69 Å². The Labute approximate surface area is 126 Å². The molecule has 2 saturated heterocycles. The normalized spacial score (nSPS) is 20.1. The Morgan fingerprint density at radius 2 is 1.91 bits per heavy atom. The van der Waals surface area contributed by atoms with E-state index >= 15 is 0 Å². The number of amides is 3. The summed E-state index contributed by atoms with van der Waals surface area (Å²) in [6.45, 7) is 0.0448. The molecule has 2 fully saturated rings. The molecule has 0 spiro atoms. The molecule has 0 radical (unpaired) electrons. The van der Waals surface area contributed by atoms with Gasteiger partial charge in [0.15, 0.2) is 0 Å². The fraction of sp³-hybridized carbons (Fsp3) is 0.385. The molecule has 0 aromatic heterocycles. The molecule has 2 aliphatic heterocycles. The van der Waals surface area contributed by atoms with E-state index in [4.69, 9.17) is 0 Å². The molecule has 2 heterocycles. The fourth-order valence-electron chi connectivity index (χ4n) is 2.51. The molecule has 0 unspecified atom stereocenters. The number of sulfonamides is 1. The van der Waals surface area contributed by atoms with Gasteiger partial charge in [-0.25, -0.2) is 17.6 Å². The number of rotatable bonds is 4. The van der Waals surface area contributed by atoms with E-state index in [1.54, 1.807) is 6.07 Å². The number of nitrogens with one attached hydrogen (secondary N) is 1. The third-order valence-corrected chi connectivity index (χ3v) is 5.52. The summed E-state index contributed by atoms with van der Waals surface area (Å²) in [6.07, 6.45) is 0. The van der Waals surface area contributed by atoms with Crippen LogP contribution in [0.2, 0.25) is 0 Å². The van der Waals surface area contributed by atoms with Gasteiger partial charge in [-0.2, -0.15) is 4.31 Å². The second-order valence-electron chi connectivity index (χ2n) is 5.24. The number of halogens is 1. The molecule has 0 atom stereocenters. The first kappa shape index (κ1) is 14.9. The zero-order valence-corrected chi connectivity index (χ0v) is 12.3. The lowest BCUT2D eigenvalue weighted by Crippen LogP contribution is -2.62. The molecule has 0 saturated carbocycles. The van der Waals surface area contributed by atoms with Crippen LogP contribution in [0.1, 0.15) is 5.56 Å². The van der Waals surface area contributed by atoms with E-state index in [1.165, 1.54) is 18.2 Å². The Kier molecular flexibility index (Phi) is 3.61. The number of carbonyl (C=O) groups excluding carboxylic acids is 2. The second-order valence-corrected chi connectivity index (χ2v) is 7.21. The lowest BCUT2D eigenvalue weighted by molar-refractivity contribution is -0.128. The zero-order valence-electron chi connectivity index (χ0n) is 11.5. The Morgan fingerprint density at radius 1 is 1.23 bits per heavy atom. The number of benzene rings is 1. The van der Waals surface area contributed by atoms with Crippen molar-refractivity contribution in [3.8, 4) is 0 Å². The number of urea groups is 1. The quantitative estimate of drug-likeness (QED) is 0.782. The van der Waals surface area contributed by atoms with E-state index in [9.17, 15) is 22.4 Å². The first-order valence-electron chi connectivity index (χ1n) is 6.69. The maximum atomic E-state index is 13.5. The summed E-state index contributed by atoms with van der Waals surface area (Å²) in [5.74, 6) is -1.37. The van der Waals surface area contributed by atoms with Crippen LogP contribution in [-0.4, -0.2) is 55.2 Å². The third-order valence-electron chi connectivity index (χ3n) is 3.76. The van der Waals surface area contributed by atoms with Gasteiger partial charge in [0.25, 0.3) is 0 Å². The molecular weight excluding hydrogens is 313 g/mol. The number of carbonyl (C=O) groups is 2. The molecule has 118 valence electrons. The number of nitrogens with zero attached hydrogens (tertiary/aromatic N) is 2. The molecule has 0 bridgehead atoms. The van der Waals surface area contributed by atoms with Gasteiger partial charge in [-0.15, -0.1) is 0 Å². The van der Waals surface area contributed by atoms with E-state index in [-0.39, 0.29) is 31.1 Å². The minimum atomic E-state index is -3.67. The fourth-order valence-corrected chi connectivity index (χ4v) is 4.12. The van der Waals surface area contributed by atoms with Crippen molar-refractivity contribution >= 4 is 22.0 Å². The number of imide groups is 1. The summed E-state index contributed by atoms with van der Waals surface area (Å²) in [5.41, 5.74) is 0.0981. The van der Waals surface area contributed by atoms with E-state index in [0.29, 0.717) is 0 Å². The zero-order chi connectivity index (χ0) is 15.9. The summed E-state index contributed by atoms with van der Waals surface area (Å²) in [4.78, 5) is 24.1. The number of hydrogen-bond acceptors (Lipinski definition) is 4. The first-order valence-corrected chi connectivity index (χ1v) is 8.30. The van der Waals surface area contributed by atoms with Crippen molar-refractivity contribution < 1.29 is 22.4 Å². The monoisotopic (exact) mass is 327 g/mol. The van der Waals surface area contributed by atoms with E-state index in [1.807, 2.05) is 0 Å². The number of hydrogen-bond donors (Lipinski definition) is 1. The molecule has 3 rings (SSSR count). The first-order chi connectivity index (χ1) is 10.4. The lowest BCUT2D eigenvalue weighted by atomic mass is 10.1. The summed E-state index contributed by atoms with van der Waals surface area (Å²) >= 11 is 0. The highest BCUT2D eigenvalue weighted by molar-refractivity contribution is 7.88. The largest absolute Gasteiger partial charge is 0.329 e. The Bertz CT molecular complexity index is 715. The predicted octanol–water partition coefficient (Wildman–Crippen LogP) is -0.108. The van der Waals surface area contributed by atoms with Crippen molar-refractivity contribution in [2.24, 2.45) is 0 Å². The van der Waals surface area contributed by atoms with Crippen LogP contribution < -0.4 is 5.32 Å². The van der Waals surface area contributed by atoms with Crippen LogP contribution in [0, 0.1) is 5.82 Å². The van der Waals surface area contributed by atoms with Crippen molar-refractivity contribution in [3.05, 3.63) is 35.6 Å². The maximum absolute atomic E-state index is 13.5. The standard InChI is InChI=1S/C13H14FN3O4S/c14-11-4-2-1-3-9(11)8-22(20,21)16-6-10(7-16)17-12(18)5-15-13(17)19/h1-4,10H,5-8H2,(H,15,19). The SMILES string of the molecule is O=C1CNC(=O)N1C1CN(S(=O)(=O)Cc2ccccc2F)C1. The van der Waals surface area contributed by atoms with Crippen LogP contribution in [0.4, 0.5) is 9.18 Å². The molecule has 7 nitrogen and oxygen atoms in total. The van der Waals surface area contributed by atoms with Crippen LogP contribution in [0.25, 0.3) is 0 Å². The van der Waals surface area contributed by atoms with Crippen molar-refractivity contribution in [3.63, 3.8) is 0 Å². The van der Waals surface area contributed by atoms with Crippen LogP contribution in [-0.2, 0) is 20.6 Å². The van der Waals surface area contributed by atoms with E-state index in [0.717, 1.165) is 9.21 Å². The smallest absolute Gasteiger partial charge is 0.324 e. The van der Waals surface area contributed by atoms with Crippen LogP contribution in [0.5, 0.6) is 0 Å². The lowest BCUT2D eigenvalue weighted by Gasteiger charge is -2.41. The van der Waals surface area contributed by atoms with Gasteiger partial charge in [0, 0.05) is 18.7 Å². The molecule has 1 aromatic carbocycles. The van der Waals surface area contributed by atoms with E-state index in [2.05, 4.69) is 5.32 Å². The minimum Gasteiger partial charge on any atom is -0.329 e. The molecule has 3 amide bonds. The van der Waals surface area contributed by atoms with Crippen LogP contribution in [0.15, 0.2) is 24.3 Å². The molecule has 1 aromatic rings.